The maximum Gasteiger partial charge on any atom is 0.253 e. The van der Waals surface area contributed by atoms with E-state index in [1.807, 2.05) is 55.4 Å². The zero-order chi connectivity index (χ0) is 18.4. The number of amides is 1. The maximum atomic E-state index is 12.3. The average Bonchev–Trinajstić information content (AvgIpc) is 2.67. The van der Waals surface area contributed by atoms with E-state index >= 15 is 0 Å². The normalized spacial score (nSPS) is 10.2. The van der Waals surface area contributed by atoms with Gasteiger partial charge in [0.15, 0.2) is 0 Å². The van der Waals surface area contributed by atoms with E-state index in [2.05, 4.69) is 20.6 Å². The Bertz CT molecular complexity index is 863. The monoisotopic (exact) mass is 347 g/mol. The van der Waals surface area contributed by atoms with E-state index < -0.39 is 0 Å². The Morgan fingerprint density at radius 2 is 1.81 bits per heavy atom. The first-order chi connectivity index (χ1) is 12.6. The third kappa shape index (κ3) is 4.57. The van der Waals surface area contributed by atoms with Gasteiger partial charge >= 0.3 is 0 Å². The van der Waals surface area contributed by atoms with Crippen LogP contribution in [0.2, 0.25) is 0 Å². The smallest absolute Gasteiger partial charge is 0.253 e. The van der Waals surface area contributed by atoms with Crippen LogP contribution in [-0.2, 0) is 6.54 Å². The fourth-order valence-electron chi connectivity index (χ4n) is 2.43. The summed E-state index contributed by atoms with van der Waals surface area (Å²) < 4.78 is 0. The van der Waals surface area contributed by atoms with Gasteiger partial charge in [0.1, 0.15) is 0 Å². The Morgan fingerprint density at radius 3 is 2.50 bits per heavy atom. The summed E-state index contributed by atoms with van der Waals surface area (Å²) in [5, 5.41) is 6.14. The molecule has 0 radical (unpaired) electrons. The summed E-state index contributed by atoms with van der Waals surface area (Å²) in [5.74, 6) is -0.173. The third-order valence-corrected chi connectivity index (χ3v) is 3.85. The third-order valence-electron chi connectivity index (χ3n) is 3.85. The van der Waals surface area contributed by atoms with Gasteiger partial charge in [-0.25, -0.2) is 0 Å². The first-order valence-electron chi connectivity index (χ1n) is 8.28. The van der Waals surface area contributed by atoms with Gasteiger partial charge in [0.2, 0.25) is 0 Å². The van der Waals surface area contributed by atoms with Crippen molar-refractivity contribution >= 4 is 23.0 Å². The van der Waals surface area contributed by atoms with Crippen LogP contribution in [0.15, 0.2) is 67.3 Å². The summed E-state index contributed by atoms with van der Waals surface area (Å²) >= 11 is 0. The topological polar surface area (TPSA) is 70.2 Å². The number of benzene rings is 1. The number of nitrogens with zero attached hydrogens (tertiary/aromatic N) is 3. The molecule has 0 aliphatic carbocycles. The predicted octanol–water partition coefficient (Wildman–Crippen LogP) is 3.22. The van der Waals surface area contributed by atoms with Gasteiger partial charge in [-0.05, 0) is 42.0 Å². The molecule has 1 amide bonds. The molecule has 2 N–H and O–H groups in total. The Labute approximate surface area is 152 Å². The zero-order valence-corrected chi connectivity index (χ0v) is 14.8. The van der Waals surface area contributed by atoms with Crippen molar-refractivity contribution in [2.75, 3.05) is 24.3 Å². The second kappa shape index (κ2) is 8.11. The van der Waals surface area contributed by atoms with Crippen molar-refractivity contribution in [3.05, 3.63) is 78.4 Å². The summed E-state index contributed by atoms with van der Waals surface area (Å²) in [6, 6.07) is 13.6. The molecule has 0 fully saturated rings. The molecule has 2 aromatic heterocycles. The van der Waals surface area contributed by atoms with Crippen LogP contribution in [0.5, 0.6) is 0 Å². The van der Waals surface area contributed by atoms with Crippen molar-refractivity contribution in [2.45, 2.75) is 6.54 Å². The minimum atomic E-state index is -0.173. The second-order valence-electron chi connectivity index (χ2n) is 6.07. The lowest BCUT2D eigenvalue weighted by atomic mass is 10.2. The van der Waals surface area contributed by atoms with Crippen molar-refractivity contribution in [3.63, 3.8) is 0 Å². The number of hydrogen-bond acceptors (Lipinski definition) is 5. The molecule has 0 saturated heterocycles. The lowest BCUT2D eigenvalue weighted by molar-refractivity contribution is 0.0950. The van der Waals surface area contributed by atoms with Gasteiger partial charge in [-0.2, -0.15) is 0 Å². The molecule has 132 valence electrons. The number of aromatic nitrogens is 2. The summed E-state index contributed by atoms with van der Waals surface area (Å²) in [6.07, 6.45) is 6.68. The lowest BCUT2D eigenvalue weighted by Gasteiger charge is -2.13. The van der Waals surface area contributed by atoms with Gasteiger partial charge in [0.25, 0.3) is 5.91 Å². The van der Waals surface area contributed by atoms with Crippen LogP contribution in [-0.4, -0.2) is 30.0 Å². The van der Waals surface area contributed by atoms with E-state index in [0.29, 0.717) is 12.1 Å². The molecule has 1 aromatic carbocycles. The Hall–Kier alpha value is -3.41. The molecular formula is C20H21N5O. The van der Waals surface area contributed by atoms with E-state index in [4.69, 9.17) is 0 Å². The molecule has 26 heavy (non-hydrogen) atoms. The molecule has 6 nitrogen and oxygen atoms in total. The molecule has 2 heterocycles. The fraction of sp³-hybridized carbons (Fsp3) is 0.150. The van der Waals surface area contributed by atoms with Crippen molar-refractivity contribution in [2.24, 2.45) is 0 Å². The predicted molar refractivity (Wildman–Crippen MR) is 104 cm³/mol. The van der Waals surface area contributed by atoms with E-state index in [1.165, 1.54) is 0 Å². The molecule has 3 aromatic rings. The summed E-state index contributed by atoms with van der Waals surface area (Å²) in [5.41, 5.74) is 4.27. The number of anilines is 3. The van der Waals surface area contributed by atoms with Crippen LogP contribution in [0.3, 0.4) is 0 Å². The van der Waals surface area contributed by atoms with E-state index in [-0.39, 0.29) is 5.91 Å². The molecule has 6 heteroatoms. The van der Waals surface area contributed by atoms with Crippen molar-refractivity contribution < 1.29 is 4.79 Å². The highest BCUT2D eigenvalue weighted by Crippen LogP contribution is 2.20. The van der Waals surface area contributed by atoms with Gasteiger partial charge < -0.3 is 15.5 Å². The molecule has 0 saturated carbocycles. The molecule has 0 atom stereocenters. The number of carbonyl (C=O) groups excluding carboxylic acids is 1. The van der Waals surface area contributed by atoms with Crippen molar-refractivity contribution in [1.82, 2.24) is 15.3 Å². The largest absolute Gasteiger partial charge is 0.378 e. The highest BCUT2D eigenvalue weighted by Gasteiger charge is 2.07. The number of rotatable bonds is 6. The van der Waals surface area contributed by atoms with Gasteiger partial charge in [-0.1, -0.05) is 6.07 Å². The minimum absolute atomic E-state index is 0.173. The molecule has 0 aliphatic rings. The minimum Gasteiger partial charge on any atom is -0.378 e. The van der Waals surface area contributed by atoms with Gasteiger partial charge in [0.05, 0.1) is 17.4 Å². The Kier molecular flexibility index (Phi) is 5.43. The summed E-state index contributed by atoms with van der Waals surface area (Å²) in [7, 11) is 4.00. The summed E-state index contributed by atoms with van der Waals surface area (Å²) in [6.45, 7) is 0.427. The molecule has 0 unspecified atom stereocenters. The van der Waals surface area contributed by atoms with Crippen LogP contribution in [0.1, 0.15) is 15.9 Å². The number of nitrogens with one attached hydrogen (secondary N) is 2. The number of pyridine rings is 2. The summed E-state index contributed by atoms with van der Waals surface area (Å²) in [4.78, 5) is 22.6. The van der Waals surface area contributed by atoms with Crippen molar-refractivity contribution in [1.29, 1.82) is 0 Å². The standard InChI is InChI=1S/C20H21N5O/c1-25(2)19-7-5-17(6-8-19)24-18-10-16(13-22-14-18)20(26)23-12-15-4-3-9-21-11-15/h3-11,13-14,24H,12H2,1-2H3,(H,23,26). The number of hydrogen-bond donors (Lipinski definition) is 2. The van der Waals surface area contributed by atoms with Crippen LogP contribution < -0.4 is 15.5 Å². The molecular weight excluding hydrogens is 326 g/mol. The SMILES string of the molecule is CN(C)c1ccc(Nc2cncc(C(=O)NCc3cccnc3)c2)cc1. The van der Waals surface area contributed by atoms with Crippen molar-refractivity contribution in [3.8, 4) is 0 Å². The van der Waals surface area contributed by atoms with Gasteiger partial charge in [-0.15, -0.1) is 0 Å². The lowest BCUT2D eigenvalue weighted by Crippen LogP contribution is -2.23. The van der Waals surface area contributed by atoms with Crippen LogP contribution in [0, 0.1) is 0 Å². The van der Waals surface area contributed by atoms with E-state index in [1.54, 1.807) is 30.9 Å². The van der Waals surface area contributed by atoms with E-state index in [9.17, 15) is 4.79 Å². The molecule has 3 rings (SSSR count). The van der Waals surface area contributed by atoms with Crippen LogP contribution in [0.4, 0.5) is 17.1 Å². The fourth-order valence-corrected chi connectivity index (χ4v) is 2.43. The molecule has 0 bridgehead atoms. The highest BCUT2D eigenvalue weighted by atomic mass is 16.1. The first-order valence-corrected chi connectivity index (χ1v) is 8.28. The maximum absolute atomic E-state index is 12.3. The second-order valence-corrected chi connectivity index (χ2v) is 6.07. The molecule has 0 aliphatic heterocycles. The first kappa shape index (κ1) is 17.4. The quantitative estimate of drug-likeness (QED) is 0.716. The average molecular weight is 347 g/mol. The van der Waals surface area contributed by atoms with Gasteiger partial charge in [-0.3, -0.25) is 14.8 Å². The van der Waals surface area contributed by atoms with Gasteiger partial charge in [0, 0.05) is 50.6 Å². The zero-order valence-electron chi connectivity index (χ0n) is 14.8. The van der Waals surface area contributed by atoms with Crippen LogP contribution >= 0.6 is 0 Å². The van der Waals surface area contributed by atoms with Crippen LogP contribution in [0.25, 0.3) is 0 Å². The van der Waals surface area contributed by atoms with E-state index in [0.717, 1.165) is 22.6 Å². The Morgan fingerprint density at radius 1 is 1.00 bits per heavy atom. The highest BCUT2D eigenvalue weighted by molar-refractivity contribution is 5.94. The Balaban J connectivity index is 1.64. The molecule has 0 spiro atoms. The number of carbonyl (C=O) groups is 1.